The van der Waals surface area contributed by atoms with Gasteiger partial charge in [0.15, 0.2) is 0 Å². The molecule has 0 bridgehead atoms. The average molecular weight is 250 g/mol. The topological polar surface area (TPSA) is 42.4 Å². The first-order valence-corrected chi connectivity index (χ1v) is 5.52. The molecule has 0 aliphatic rings. The van der Waals surface area contributed by atoms with Crippen LogP contribution in [0.1, 0.15) is 5.56 Å². The van der Waals surface area contributed by atoms with Gasteiger partial charge in [0.25, 0.3) is 0 Å². The summed E-state index contributed by atoms with van der Waals surface area (Å²) in [6.07, 6.45) is 1.70. The lowest BCUT2D eigenvalue weighted by atomic mass is 10.1. The van der Waals surface area contributed by atoms with Crippen molar-refractivity contribution in [2.24, 2.45) is 0 Å². The molecule has 0 aliphatic carbocycles. The summed E-state index contributed by atoms with van der Waals surface area (Å²) in [5, 5.41) is 9.74. The van der Waals surface area contributed by atoms with Gasteiger partial charge in [-0.2, -0.15) is 0 Å². The maximum absolute atomic E-state index is 9.10. The number of benzene rings is 1. The Hall–Kier alpha value is -1.58. The fourth-order valence-corrected chi connectivity index (χ4v) is 1.78. The number of aliphatic hydroxyl groups excluding tert-OH is 1. The van der Waals surface area contributed by atoms with Crippen molar-refractivity contribution < 1.29 is 9.84 Å². The minimum absolute atomic E-state index is 0.00620. The van der Waals surface area contributed by atoms with Crippen LogP contribution in [0.3, 0.4) is 0 Å². The SMILES string of the molecule is COc1ccc(-c2cc(CO)ccc2Cl)cn1. The van der Waals surface area contributed by atoms with Crippen LogP contribution in [-0.4, -0.2) is 17.2 Å². The Morgan fingerprint density at radius 1 is 1.29 bits per heavy atom. The fourth-order valence-electron chi connectivity index (χ4n) is 1.55. The van der Waals surface area contributed by atoms with Crippen molar-refractivity contribution in [3.63, 3.8) is 0 Å². The maximum Gasteiger partial charge on any atom is 0.212 e. The number of aromatic nitrogens is 1. The van der Waals surface area contributed by atoms with Crippen LogP contribution in [0.2, 0.25) is 5.02 Å². The number of hydrogen-bond acceptors (Lipinski definition) is 3. The summed E-state index contributed by atoms with van der Waals surface area (Å²) < 4.78 is 5.00. The lowest BCUT2D eigenvalue weighted by molar-refractivity contribution is 0.282. The predicted molar refractivity (Wildman–Crippen MR) is 67.2 cm³/mol. The molecule has 3 nitrogen and oxygen atoms in total. The van der Waals surface area contributed by atoms with Crippen LogP contribution in [0.25, 0.3) is 11.1 Å². The molecule has 0 saturated carbocycles. The standard InChI is InChI=1S/C13H12ClNO2/c1-17-13-5-3-10(7-15-13)11-6-9(8-16)2-4-12(11)14/h2-7,16H,8H2,1H3. The van der Waals surface area contributed by atoms with Crippen molar-refractivity contribution in [2.45, 2.75) is 6.61 Å². The van der Waals surface area contributed by atoms with E-state index < -0.39 is 0 Å². The lowest BCUT2D eigenvalue weighted by Gasteiger charge is -2.07. The van der Waals surface area contributed by atoms with Crippen LogP contribution in [-0.2, 0) is 6.61 Å². The van der Waals surface area contributed by atoms with Gasteiger partial charge in [0.05, 0.1) is 13.7 Å². The molecule has 1 N–H and O–H groups in total. The van der Waals surface area contributed by atoms with Gasteiger partial charge in [-0.05, 0) is 23.8 Å². The molecule has 17 heavy (non-hydrogen) atoms. The Morgan fingerprint density at radius 2 is 2.12 bits per heavy atom. The highest BCUT2D eigenvalue weighted by atomic mass is 35.5. The largest absolute Gasteiger partial charge is 0.481 e. The number of pyridine rings is 1. The number of aliphatic hydroxyl groups is 1. The lowest BCUT2D eigenvalue weighted by Crippen LogP contribution is -1.89. The molecule has 2 rings (SSSR count). The maximum atomic E-state index is 9.10. The Balaban J connectivity index is 2.43. The van der Waals surface area contributed by atoms with E-state index in [0.717, 1.165) is 16.7 Å². The second-order valence-electron chi connectivity index (χ2n) is 3.56. The quantitative estimate of drug-likeness (QED) is 0.910. The van der Waals surface area contributed by atoms with Gasteiger partial charge in [0.1, 0.15) is 0 Å². The van der Waals surface area contributed by atoms with Gasteiger partial charge >= 0.3 is 0 Å². The molecule has 0 spiro atoms. The monoisotopic (exact) mass is 249 g/mol. The summed E-state index contributed by atoms with van der Waals surface area (Å²) in [5.74, 6) is 0.559. The minimum Gasteiger partial charge on any atom is -0.481 e. The molecule has 0 atom stereocenters. The van der Waals surface area contributed by atoms with E-state index in [4.69, 9.17) is 21.4 Å². The van der Waals surface area contributed by atoms with E-state index in [1.807, 2.05) is 12.1 Å². The molecule has 0 fully saturated rings. The first-order valence-electron chi connectivity index (χ1n) is 5.14. The highest BCUT2D eigenvalue weighted by Gasteiger charge is 2.05. The normalized spacial score (nSPS) is 10.3. The Labute approximate surface area is 105 Å². The second-order valence-corrected chi connectivity index (χ2v) is 3.97. The molecule has 0 radical (unpaired) electrons. The van der Waals surface area contributed by atoms with E-state index >= 15 is 0 Å². The molecule has 2 aromatic rings. The molecule has 0 unspecified atom stereocenters. The van der Waals surface area contributed by atoms with Crippen molar-refractivity contribution >= 4 is 11.6 Å². The third kappa shape index (κ3) is 2.57. The van der Waals surface area contributed by atoms with Crippen molar-refractivity contribution in [1.29, 1.82) is 0 Å². The van der Waals surface area contributed by atoms with E-state index in [1.165, 1.54) is 0 Å². The van der Waals surface area contributed by atoms with Gasteiger partial charge in [0, 0.05) is 28.4 Å². The molecule has 0 amide bonds. The van der Waals surface area contributed by atoms with Crippen molar-refractivity contribution in [1.82, 2.24) is 4.98 Å². The first kappa shape index (κ1) is 11.9. The smallest absolute Gasteiger partial charge is 0.212 e. The highest BCUT2D eigenvalue weighted by Crippen LogP contribution is 2.29. The van der Waals surface area contributed by atoms with Crippen LogP contribution >= 0.6 is 11.6 Å². The van der Waals surface area contributed by atoms with Gasteiger partial charge in [-0.1, -0.05) is 17.7 Å². The molecule has 1 heterocycles. The molecular weight excluding hydrogens is 238 g/mol. The van der Waals surface area contributed by atoms with Crippen LogP contribution in [0, 0.1) is 0 Å². The zero-order chi connectivity index (χ0) is 12.3. The highest BCUT2D eigenvalue weighted by molar-refractivity contribution is 6.33. The van der Waals surface area contributed by atoms with E-state index in [-0.39, 0.29) is 6.61 Å². The Bertz CT molecular complexity index is 511. The summed E-state index contributed by atoms with van der Waals surface area (Å²) in [5.41, 5.74) is 2.57. The molecule has 1 aromatic carbocycles. The summed E-state index contributed by atoms with van der Waals surface area (Å²) in [7, 11) is 1.57. The van der Waals surface area contributed by atoms with E-state index in [0.29, 0.717) is 10.9 Å². The summed E-state index contributed by atoms with van der Waals surface area (Å²) >= 11 is 6.12. The second kappa shape index (κ2) is 5.17. The number of methoxy groups -OCH3 is 1. The number of hydrogen-bond donors (Lipinski definition) is 1. The zero-order valence-corrected chi connectivity index (χ0v) is 10.1. The number of ether oxygens (including phenoxy) is 1. The molecule has 88 valence electrons. The fraction of sp³-hybridized carbons (Fsp3) is 0.154. The minimum atomic E-state index is -0.00620. The van der Waals surface area contributed by atoms with E-state index in [1.54, 1.807) is 31.5 Å². The summed E-state index contributed by atoms with van der Waals surface area (Å²) in [4.78, 5) is 4.13. The van der Waals surface area contributed by atoms with E-state index in [9.17, 15) is 0 Å². The van der Waals surface area contributed by atoms with Gasteiger partial charge in [-0.15, -0.1) is 0 Å². The zero-order valence-electron chi connectivity index (χ0n) is 9.35. The molecule has 0 saturated heterocycles. The third-order valence-electron chi connectivity index (χ3n) is 2.47. The number of rotatable bonds is 3. The Morgan fingerprint density at radius 3 is 2.71 bits per heavy atom. The third-order valence-corrected chi connectivity index (χ3v) is 2.80. The van der Waals surface area contributed by atoms with Crippen molar-refractivity contribution in [3.05, 3.63) is 47.1 Å². The van der Waals surface area contributed by atoms with Gasteiger partial charge in [0.2, 0.25) is 5.88 Å². The van der Waals surface area contributed by atoms with Gasteiger partial charge in [-0.25, -0.2) is 4.98 Å². The van der Waals surface area contributed by atoms with Crippen LogP contribution < -0.4 is 4.74 Å². The number of nitrogens with zero attached hydrogens (tertiary/aromatic N) is 1. The Kier molecular flexibility index (Phi) is 3.61. The van der Waals surface area contributed by atoms with Crippen molar-refractivity contribution in [2.75, 3.05) is 7.11 Å². The predicted octanol–water partition coefficient (Wildman–Crippen LogP) is 2.90. The molecule has 0 aliphatic heterocycles. The molecule has 4 heteroatoms. The van der Waals surface area contributed by atoms with Crippen molar-refractivity contribution in [3.8, 4) is 17.0 Å². The first-order chi connectivity index (χ1) is 8.24. The average Bonchev–Trinajstić information content (AvgIpc) is 2.39. The number of halogens is 1. The van der Waals surface area contributed by atoms with Gasteiger partial charge in [-0.3, -0.25) is 0 Å². The summed E-state index contributed by atoms with van der Waals surface area (Å²) in [6, 6.07) is 9.08. The summed E-state index contributed by atoms with van der Waals surface area (Å²) in [6.45, 7) is -0.00620. The van der Waals surface area contributed by atoms with Crippen LogP contribution in [0.5, 0.6) is 5.88 Å². The molecule has 1 aromatic heterocycles. The van der Waals surface area contributed by atoms with E-state index in [2.05, 4.69) is 4.98 Å². The van der Waals surface area contributed by atoms with Crippen LogP contribution in [0.4, 0.5) is 0 Å². The van der Waals surface area contributed by atoms with Crippen LogP contribution in [0.15, 0.2) is 36.5 Å². The molecular formula is C13H12ClNO2. The van der Waals surface area contributed by atoms with Gasteiger partial charge < -0.3 is 9.84 Å².